The predicted molar refractivity (Wildman–Crippen MR) is 131 cm³/mol. The lowest BCUT2D eigenvalue weighted by molar-refractivity contribution is -0.132. The lowest BCUT2D eigenvalue weighted by Gasteiger charge is -2.26. The third-order valence-electron chi connectivity index (χ3n) is 5.63. The lowest BCUT2D eigenvalue weighted by atomic mass is 9.95. The molecule has 35 heavy (non-hydrogen) atoms. The van der Waals surface area contributed by atoms with Crippen molar-refractivity contribution in [1.29, 1.82) is 0 Å². The molecule has 180 valence electrons. The number of nitrogens with zero attached hydrogens (tertiary/aromatic N) is 2. The molecule has 1 aromatic heterocycles. The molecule has 1 aliphatic heterocycles. The fourth-order valence-corrected chi connectivity index (χ4v) is 4.15. The van der Waals surface area contributed by atoms with Gasteiger partial charge in [0.2, 0.25) is 0 Å². The number of carbonyl (C=O) groups excluding carboxylic acids is 2. The van der Waals surface area contributed by atoms with Crippen molar-refractivity contribution < 1.29 is 28.9 Å². The van der Waals surface area contributed by atoms with E-state index in [1.807, 2.05) is 13.8 Å². The number of hydrogen-bond donors (Lipinski definition) is 1. The Bertz CT molecular complexity index is 1270. The van der Waals surface area contributed by atoms with Gasteiger partial charge in [0.1, 0.15) is 23.0 Å². The molecule has 0 aliphatic carbocycles. The lowest BCUT2D eigenvalue weighted by Crippen LogP contribution is -2.29. The summed E-state index contributed by atoms with van der Waals surface area (Å²) >= 11 is 0. The minimum Gasteiger partial charge on any atom is -0.507 e. The largest absolute Gasteiger partial charge is 0.507 e. The summed E-state index contributed by atoms with van der Waals surface area (Å²) in [5.74, 6) is -0.604. The second kappa shape index (κ2) is 10.3. The third-order valence-corrected chi connectivity index (χ3v) is 5.63. The second-order valence-corrected chi connectivity index (χ2v) is 7.65. The van der Waals surface area contributed by atoms with Gasteiger partial charge in [-0.15, -0.1) is 0 Å². The van der Waals surface area contributed by atoms with Gasteiger partial charge in [-0.2, -0.15) is 0 Å². The quantitative estimate of drug-likeness (QED) is 0.291. The van der Waals surface area contributed by atoms with E-state index >= 15 is 0 Å². The summed E-state index contributed by atoms with van der Waals surface area (Å²) in [6.45, 7) is 4.47. The van der Waals surface area contributed by atoms with Gasteiger partial charge in [-0.05, 0) is 55.8 Å². The number of benzene rings is 2. The minimum atomic E-state index is -0.907. The number of aromatic nitrogens is 1. The Labute approximate surface area is 203 Å². The summed E-state index contributed by atoms with van der Waals surface area (Å²) < 4.78 is 16.8. The monoisotopic (exact) mass is 474 g/mol. The summed E-state index contributed by atoms with van der Waals surface area (Å²) in [5.41, 5.74) is 1.25. The number of hydrogen-bond acceptors (Lipinski definition) is 7. The van der Waals surface area contributed by atoms with Crippen molar-refractivity contribution in [2.24, 2.45) is 0 Å². The van der Waals surface area contributed by atoms with Crippen molar-refractivity contribution >= 4 is 23.1 Å². The highest BCUT2D eigenvalue weighted by Gasteiger charge is 2.48. The number of Topliss-reactive ketones (excluding diaryl/α,β-unsaturated/α-hetero) is 1. The van der Waals surface area contributed by atoms with Crippen LogP contribution in [0.5, 0.6) is 17.2 Å². The van der Waals surface area contributed by atoms with Gasteiger partial charge in [0, 0.05) is 18.5 Å². The molecule has 0 bridgehead atoms. The van der Waals surface area contributed by atoms with E-state index in [4.69, 9.17) is 14.2 Å². The van der Waals surface area contributed by atoms with Gasteiger partial charge in [-0.1, -0.05) is 12.1 Å². The number of anilines is 1. The first-order chi connectivity index (χ1) is 17.0. The Hall–Kier alpha value is -4.33. The van der Waals surface area contributed by atoms with Crippen LogP contribution < -0.4 is 19.1 Å². The van der Waals surface area contributed by atoms with Crippen LogP contribution in [0.4, 0.5) is 5.69 Å². The van der Waals surface area contributed by atoms with Crippen molar-refractivity contribution in [1.82, 2.24) is 4.98 Å². The number of carbonyl (C=O) groups is 2. The van der Waals surface area contributed by atoms with Gasteiger partial charge >= 0.3 is 0 Å². The summed E-state index contributed by atoms with van der Waals surface area (Å²) in [5, 5.41) is 11.5. The van der Waals surface area contributed by atoms with E-state index in [2.05, 4.69) is 4.98 Å². The van der Waals surface area contributed by atoms with Crippen molar-refractivity contribution in [2.45, 2.75) is 19.9 Å². The fraction of sp³-hybridized carbons (Fsp3) is 0.222. The molecule has 2 heterocycles. The number of rotatable bonds is 8. The molecule has 1 aliphatic rings. The van der Waals surface area contributed by atoms with Crippen LogP contribution in [0.3, 0.4) is 0 Å². The first-order valence-electron chi connectivity index (χ1n) is 11.3. The summed E-state index contributed by atoms with van der Waals surface area (Å²) in [6.07, 6.45) is 3.14. The van der Waals surface area contributed by atoms with Gasteiger partial charge in [-0.3, -0.25) is 19.5 Å². The van der Waals surface area contributed by atoms with Crippen LogP contribution in [0, 0.1) is 0 Å². The molecule has 1 fully saturated rings. The standard InChI is InChI=1S/C27H26N2O6/c1-4-34-18-10-11-19(22(16-18)35-5-2)25(30)23-24(17-12-14-28-15-13-17)29(27(32)26(23)31)20-8-6-7-9-21(20)33-3/h6-16,24,30H,4-5H2,1-3H3/b25-23-. The van der Waals surface area contributed by atoms with Crippen molar-refractivity contribution in [2.75, 3.05) is 25.2 Å². The zero-order valence-corrected chi connectivity index (χ0v) is 19.7. The van der Waals surface area contributed by atoms with Crippen molar-refractivity contribution in [3.8, 4) is 17.2 Å². The molecule has 3 aromatic rings. The Morgan fingerprint density at radius 1 is 0.971 bits per heavy atom. The maximum atomic E-state index is 13.4. The average molecular weight is 475 g/mol. The van der Waals surface area contributed by atoms with E-state index in [9.17, 15) is 14.7 Å². The Kier molecular flexibility index (Phi) is 7.01. The molecule has 0 radical (unpaired) electrons. The highest BCUT2D eigenvalue weighted by Crippen LogP contribution is 2.45. The number of para-hydroxylation sites is 2. The molecule has 0 saturated carbocycles. The first kappa shape index (κ1) is 23.8. The van der Waals surface area contributed by atoms with Gasteiger partial charge < -0.3 is 19.3 Å². The molecule has 1 saturated heterocycles. The summed E-state index contributed by atoms with van der Waals surface area (Å²) in [6, 6.07) is 14.4. The highest BCUT2D eigenvalue weighted by atomic mass is 16.5. The fourth-order valence-electron chi connectivity index (χ4n) is 4.15. The van der Waals surface area contributed by atoms with E-state index in [0.717, 1.165) is 0 Å². The highest BCUT2D eigenvalue weighted by molar-refractivity contribution is 6.52. The average Bonchev–Trinajstić information content (AvgIpc) is 3.15. The normalized spacial score (nSPS) is 16.9. The van der Waals surface area contributed by atoms with Crippen LogP contribution in [0.1, 0.15) is 31.0 Å². The van der Waals surface area contributed by atoms with E-state index in [0.29, 0.717) is 41.7 Å². The number of ether oxygens (including phenoxy) is 3. The smallest absolute Gasteiger partial charge is 0.300 e. The molecule has 2 aromatic carbocycles. The molecule has 8 heteroatoms. The predicted octanol–water partition coefficient (Wildman–Crippen LogP) is 4.51. The molecule has 1 unspecified atom stereocenters. The minimum absolute atomic E-state index is 0.0581. The van der Waals surface area contributed by atoms with Crippen molar-refractivity contribution in [3.05, 3.63) is 83.7 Å². The number of pyridine rings is 1. The molecule has 0 spiro atoms. The zero-order valence-electron chi connectivity index (χ0n) is 19.7. The van der Waals surface area contributed by atoms with Crippen LogP contribution in [0.2, 0.25) is 0 Å². The number of aliphatic hydroxyl groups excluding tert-OH is 1. The van der Waals surface area contributed by atoms with Crippen LogP contribution in [-0.4, -0.2) is 42.1 Å². The van der Waals surface area contributed by atoms with Gasteiger partial charge in [-0.25, -0.2) is 0 Å². The Balaban J connectivity index is 1.95. The number of aliphatic hydroxyl groups is 1. The van der Waals surface area contributed by atoms with E-state index in [1.54, 1.807) is 67.0 Å². The van der Waals surface area contributed by atoms with Crippen LogP contribution >= 0.6 is 0 Å². The zero-order chi connectivity index (χ0) is 24.9. The van der Waals surface area contributed by atoms with Crippen LogP contribution in [-0.2, 0) is 9.59 Å². The van der Waals surface area contributed by atoms with Gasteiger partial charge in [0.05, 0.1) is 43.2 Å². The first-order valence-corrected chi connectivity index (χ1v) is 11.3. The SMILES string of the molecule is CCOc1ccc(/C(O)=C2/C(=O)C(=O)N(c3ccccc3OC)C2c2ccncc2)c(OCC)c1. The van der Waals surface area contributed by atoms with E-state index in [-0.39, 0.29) is 16.9 Å². The van der Waals surface area contributed by atoms with E-state index < -0.39 is 17.7 Å². The molecule has 8 nitrogen and oxygen atoms in total. The van der Waals surface area contributed by atoms with Crippen molar-refractivity contribution in [3.63, 3.8) is 0 Å². The molecule has 4 rings (SSSR count). The van der Waals surface area contributed by atoms with Crippen LogP contribution in [0.25, 0.3) is 5.76 Å². The second-order valence-electron chi connectivity index (χ2n) is 7.65. The third kappa shape index (κ3) is 4.42. The number of ketones is 1. The summed E-state index contributed by atoms with van der Waals surface area (Å²) in [4.78, 5) is 32.2. The Morgan fingerprint density at radius 3 is 2.37 bits per heavy atom. The van der Waals surface area contributed by atoms with Gasteiger partial charge in [0.15, 0.2) is 0 Å². The molecule has 1 atom stereocenters. The van der Waals surface area contributed by atoms with E-state index in [1.165, 1.54) is 12.0 Å². The summed E-state index contributed by atoms with van der Waals surface area (Å²) in [7, 11) is 1.49. The number of methoxy groups -OCH3 is 1. The molecular formula is C27H26N2O6. The maximum absolute atomic E-state index is 13.4. The Morgan fingerprint density at radius 2 is 1.69 bits per heavy atom. The molecule has 1 amide bonds. The number of amides is 1. The topological polar surface area (TPSA) is 98.2 Å². The van der Waals surface area contributed by atoms with Gasteiger partial charge in [0.25, 0.3) is 11.7 Å². The molecule has 1 N–H and O–H groups in total. The molecular weight excluding hydrogens is 448 g/mol. The maximum Gasteiger partial charge on any atom is 0.300 e. The van der Waals surface area contributed by atoms with Crippen LogP contribution in [0.15, 0.2) is 72.6 Å².